The number of nitriles is 1. The van der Waals surface area contributed by atoms with E-state index in [2.05, 4.69) is 10.1 Å². The van der Waals surface area contributed by atoms with Crippen molar-refractivity contribution in [2.24, 2.45) is 0 Å². The lowest BCUT2D eigenvalue weighted by atomic mass is 10.4. The Bertz CT molecular complexity index is 383. The van der Waals surface area contributed by atoms with E-state index in [0.717, 1.165) is 11.3 Å². The third kappa shape index (κ3) is 2.62. The van der Waals surface area contributed by atoms with Crippen molar-refractivity contribution >= 4 is 34.7 Å². The van der Waals surface area contributed by atoms with Gasteiger partial charge < -0.3 is 4.74 Å². The van der Waals surface area contributed by atoms with E-state index >= 15 is 0 Å². The standard InChI is InChI=1S/C8H7ClN2O2S/c1-2-13-8(12)11-5-3-7(9)14-6(5)4-10/h3H,2H2,1H3,(H,11,12). The van der Waals surface area contributed by atoms with Gasteiger partial charge in [-0.1, -0.05) is 11.6 Å². The maximum atomic E-state index is 11.0. The van der Waals surface area contributed by atoms with Crippen molar-refractivity contribution in [3.63, 3.8) is 0 Å². The van der Waals surface area contributed by atoms with Crippen LogP contribution in [0.4, 0.5) is 10.5 Å². The smallest absolute Gasteiger partial charge is 0.411 e. The van der Waals surface area contributed by atoms with Gasteiger partial charge in [0.05, 0.1) is 16.6 Å². The molecule has 1 aromatic heterocycles. The largest absolute Gasteiger partial charge is 0.450 e. The first-order valence-corrected chi connectivity index (χ1v) is 5.00. The van der Waals surface area contributed by atoms with Crippen molar-refractivity contribution in [3.8, 4) is 6.07 Å². The zero-order chi connectivity index (χ0) is 10.6. The fraction of sp³-hybridized carbons (Fsp3) is 0.250. The second-order valence-corrected chi connectivity index (χ2v) is 3.93. The molecule has 0 saturated carbocycles. The summed E-state index contributed by atoms with van der Waals surface area (Å²) in [6.45, 7) is 1.98. The summed E-state index contributed by atoms with van der Waals surface area (Å²) in [6, 6.07) is 3.44. The highest BCUT2D eigenvalue weighted by Gasteiger charge is 2.10. The number of halogens is 1. The van der Waals surface area contributed by atoms with Crippen LogP contribution in [0.1, 0.15) is 11.8 Å². The van der Waals surface area contributed by atoms with E-state index < -0.39 is 6.09 Å². The fourth-order valence-electron chi connectivity index (χ4n) is 0.814. The Morgan fingerprint density at radius 1 is 1.86 bits per heavy atom. The topological polar surface area (TPSA) is 62.1 Å². The van der Waals surface area contributed by atoms with Crippen LogP contribution in [-0.2, 0) is 4.74 Å². The van der Waals surface area contributed by atoms with Crippen LogP contribution < -0.4 is 5.32 Å². The second-order valence-electron chi connectivity index (χ2n) is 2.25. The molecule has 1 N–H and O–H groups in total. The highest BCUT2D eigenvalue weighted by Crippen LogP contribution is 2.30. The van der Waals surface area contributed by atoms with Crippen molar-refractivity contribution < 1.29 is 9.53 Å². The van der Waals surface area contributed by atoms with Gasteiger partial charge in [0.2, 0.25) is 0 Å². The highest BCUT2D eigenvalue weighted by molar-refractivity contribution is 7.17. The number of anilines is 1. The molecule has 0 fully saturated rings. The molecule has 1 amide bonds. The Kier molecular flexibility index (Phi) is 3.74. The van der Waals surface area contributed by atoms with Gasteiger partial charge in [0.25, 0.3) is 0 Å². The molecule has 74 valence electrons. The molecule has 4 nitrogen and oxygen atoms in total. The molecule has 0 radical (unpaired) electrons. The predicted octanol–water partition coefficient (Wildman–Crippen LogP) is 2.84. The number of thiophene rings is 1. The Morgan fingerprint density at radius 2 is 2.57 bits per heavy atom. The quantitative estimate of drug-likeness (QED) is 0.850. The van der Waals surface area contributed by atoms with Crippen LogP contribution in [0.5, 0.6) is 0 Å². The lowest BCUT2D eigenvalue weighted by molar-refractivity contribution is 0.168. The van der Waals surface area contributed by atoms with E-state index in [1.807, 2.05) is 6.07 Å². The number of amides is 1. The van der Waals surface area contributed by atoms with Crippen LogP contribution in [0.3, 0.4) is 0 Å². The van der Waals surface area contributed by atoms with Crippen LogP contribution in [0.2, 0.25) is 4.34 Å². The van der Waals surface area contributed by atoms with Crippen molar-refractivity contribution in [3.05, 3.63) is 15.3 Å². The van der Waals surface area contributed by atoms with E-state index in [9.17, 15) is 4.79 Å². The van der Waals surface area contributed by atoms with Gasteiger partial charge in [-0.05, 0) is 13.0 Å². The highest BCUT2D eigenvalue weighted by atomic mass is 35.5. The third-order valence-electron chi connectivity index (χ3n) is 1.32. The SMILES string of the molecule is CCOC(=O)Nc1cc(Cl)sc1C#N. The van der Waals surface area contributed by atoms with Crippen LogP contribution >= 0.6 is 22.9 Å². The lowest BCUT2D eigenvalue weighted by Gasteiger charge is -2.02. The van der Waals surface area contributed by atoms with Gasteiger partial charge in [0.1, 0.15) is 10.9 Å². The molecule has 0 spiro atoms. The molecule has 0 aromatic carbocycles. The number of rotatable bonds is 2. The first-order valence-electron chi connectivity index (χ1n) is 3.80. The molecule has 6 heteroatoms. The summed E-state index contributed by atoms with van der Waals surface area (Å²) in [5.41, 5.74) is 0.390. The number of nitrogens with one attached hydrogen (secondary N) is 1. The van der Waals surface area contributed by atoms with Crippen LogP contribution in [0.15, 0.2) is 6.07 Å². The molecule has 1 rings (SSSR count). The molecular weight excluding hydrogens is 224 g/mol. The minimum absolute atomic E-state index is 0.283. The van der Waals surface area contributed by atoms with Gasteiger partial charge in [-0.2, -0.15) is 5.26 Å². The summed E-state index contributed by atoms with van der Waals surface area (Å²) in [6.07, 6.45) is -0.585. The molecule has 0 saturated heterocycles. The maximum Gasteiger partial charge on any atom is 0.411 e. The average Bonchev–Trinajstić information content (AvgIpc) is 2.46. The number of carbonyl (C=O) groups excluding carboxylic acids is 1. The normalized spacial score (nSPS) is 9.21. The third-order valence-corrected chi connectivity index (χ3v) is 2.48. The molecule has 14 heavy (non-hydrogen) atoms. The lowest BCUT2D eigenvalue weighted by Crippen LogP contribution is -2.13. The van der Waals surface area contributed by atoms with E-state index in [0.29, 0.717) is 14.9 Å². The van der Waals surface area contributed by atoms with Gasteiger partial charge in [0, 0.05) is 0 Å². The first kappa shape index (κ1) is 10.8. The van der Waals surface area contributed by atoms with Gasteiger partial charge in [-0.3, -0.25) is 5.32 Å². The number of carbonyl (C=O) groups is 1. The van der Waals surface area contributed by atoms with Crippen molar-refractivity contribution in [1.29, 1.82) is 5.26 Å². The van der Waals surface area contributed by atoms with Gasteiger partial charge in [-0.25, -0.2) is 4.79 Å². The zero-order valence-corrected chi connectivity index (χ0v) is 8.91. The number of nitrogens with zero attached hydrogens (tertiary/aromatic N) is 1. The van der Waals surface area contributed by atoms with Crippen LogP contribution in [-0.4, -0.2) is 12.7 Å². The minimum atomic E-state index is -0.585. The Morgan fingerprint density at radius 3 is 3.14 bits per heavy atom. The molecule has 0 unspecified atom stereocenters. The molecule has 0 aliphatic carbocycles. The molecule has 0 atom stereocenters. The summed E-state index contributed by atoms with van der Waals surface area (Å²) in [4.78, 5) is 11.4. The van der Waals surface area contributed by atoms with E-state index in [1.165, 1.54) is 6.07 Å². The number of hydrogen-bond acceptors (Lipinski definition) is 4. The first-order chi connectivity index (χ1) is 6.67. The number of ether oxygens (including phenoxy) is 1. The monoisotopic (exact) mass is 230 g/mol. The second kappa shape index (κ2) is 4.84. The minimum Gasteiger partial charge on any atom is -0.450 e. The summed E-state index contributed by atoms with van der Waals surface area (Å²) in [5.74, 6) is 0. The molecule has 0 aliphatic heterocycles. The molecule has 0 bridgehead atoms. The van der Waals surface area contributed by atoms with E-state index in [1.54, 1.807) is 6.92 Å². The van der Waals surface area contributed by atoms with Gasteiger partial charge in [-0.15, -0.1) is 11.3 Å². The average molecular weight is 231 g/mol. The van der Waals surface area contributed by atoms with Crippen molar-refractivity contribution in [1.82, 2.24) is 0 Å². The Balaban J connectivity index is 2.76. The van der Waals surface area contributed by atoms with Crippen molar-refractivity contribution in [2.75, 3.05) is 11.9 Å². The van der Waals surface area contributed by atoms with Gasteiger partial charge in [0.15, 0.2) is 0 Å². The summed E-state index contributed by atoms with van der Waals surface area (Å²) in [7, 11) is 0. The Labute approximate surface area is 90.1 Å². The number of hydrogen-bond donors (Lipinski definition) is 1. The van der Waals surface area contributed by atoms with E-state index in [-0.39, 0.29) is 6.61 Å². The van der Waals surface area contributed by atoms with Gasteiger partial charge >= 0.3 is 6.09 Å². The van der Waals surface area contributed by atoms with Crippen LogP contribution in [0, 0.1) is 11.3 Å². The maximum absolute atomic E-state index is 11.0. The summed E-state index contributed by atoms with van der Waals surface area (Å²) < 4.78 is 5.11. The molecular formula is C8H7ClN2O2S. The summed E-state index contributed by atoms with van der Waals surface area (Å²) in [5, 5.41) is 11.1. The predicted molar refractivity (Wildman–Crippen MR) is 54.7 cm³/mol. The molecule has 1 heterocycles. The molecule has 0 aliphatic rings. The van der Waals surface area contributed by atoms with Crippen molar-refractivity contribution in [2.45, 2.75) is 6.92 Å². The van der Waals surface area contributed by atoms with E-state index in [4.69, 9.17) is 16.9 Å². The fourth-order valence-corrected chi connectivity index (χ4v) is 1.79. The van der Waals surface area contributed by atoms with Crippen LogP contribution in [0.25, 0.3) is 0 Å². The zero-order valence-electron chi connectivity index (χ0n) is 7.33. The summed E-state index contributed by atoms with van der Waals surface area (Å²) >= 11 is 6.79. The molecule has 1 aromatic rings. The Hall–Kier alpha value is -1.25.